The maximum atomic E-state index is 10.6. The molecule has 0 bridgehead atoms. The summed E-state index contributed by atoms with van der Waals surface area (Å²) in [6.07, 6.45) is 1.81. The Kier molecular flexibility index (Phi) is 9.24. The number of rotatable bonds is 12. The zero-order valence-electron chi connectivity index (χ0n) is 19.2. The number of anilines is 1. The number of carboxylic acid groups (broad SMARTS) is 1. The molecule has 176 valence electrons. The molecule has 2 aromatic carbocycles. The molecule has 0 aliphatic rings. The number of carbonyl (C=O) groups is 1. The minimum Gasteiger partial charge on any atom is -0.480 e. The quantitative estimate of drug-likeness (QED) is 0.285. The topological polar surface area (TPSA) is 84.8 Å². The highest BCUT2D eigenvalue weighted by Crippen LogP contribution is 2.39. The lowest BCUT2D eigenvalue weighted by Crippen LogP contribution is -2.31. The van der Waals surface area contributed by atoms with Gasteiger partial charge in [-0.15, -0.1) is 0 Å². The molecule has 33 heavy (non-hydrogen) atoms. The van der Waals surface area contributed by atoms with E-state index in [2.05, 4.69) is 25.1 Å². The molecule has 1 atom stereocenters. The standard InChI is InChI=1S/C25H31N3O4S/c1-4-33(32-16-15-31-18-23(29)30)28(19(2)3)22-17-26-24(20-11-7-5-8-12-20)25(27-22)21-13-9-6-10-14-21/h5-14,17,19,33H,4,15-16,18H2,1-3H3,(H,29,30). The van der Waals surface area contributed by atoms with Crippen molar-refractivity contribution in [3.05, 3.63) is 66.9 Å². The Balaban J connectivity index is 1.92. The first-order valence-electron chi connectivity index (χ1n) is 11.0. The van der Waals surface area contributed by atoms with E-state index < -0.39 is 17.3 Å². The Labute approximate surface area is 198 Å². The SMILES string of the molecule is CC[SH](OCCOCC(=O)O)N(c1cnc(-c2ccccc2)c(-c2ccccc2)n1)C(C)C. The van der Waals surface area contributed by atoms with Gasteiger partial charge in [-0.3, -0.25) is 9.29 Å². The molecule has 0 saturated heterocycles. The highest BCUT2D eigenvalue weighted by atomic mass is 32.2. The van der Waals surface area contributed by atoms with Gasteiger partial charge < -0.3 is 14.0 Å². The molecule has 1 unspecified atom stereocenters. The molecule has 0 fully saturated rings. The van der Waals surface area contributed by atoms with Crippen LogP contribution in [0, 0.1) is 0 Å². The lowest BCUT2D eigenvalue weighted by atomic mass is 10.0. The number of benzene rings is 2. The van der Waals surface area contributed by atoms with E-state index in [1.54, 1.807) is 0 Å². The summed E-state index contributed by atoms with van der Waals surface area (Å²) in [4.78, 5) is 20.5. The normalized spacial score (nSPS) is 12.5. The lowest BCUT2D eigenvalue weighted by molar-refractivity contribution is -0.142. The maximum Gasteiger partial charge on any atom is 0.329 e. The largest absolute Gasteiger partial charge is 0.480 e. The smallest absolute Gasteiger partial charge is 0.329 e. The van der Waals surface area contributed by atoms with E-state index in [-0.39, 0.29) is 19.3 Å². The summed E-state index contributed by atoms with van der Waals surface area (Å²) < 4.78 is 13.4. The van der Waals surface area contributed by atoms with Gasteiger partial charge in [0.2, 0.25) is 0 Å². The van der Waals surface area contributed by atoms with E-state index in [9.17, 15) is 4.79 Å². The Hall–Kier alpha value is -2.94. The number of thiol groups is 1. The zero-order chi connectivity index (χ0) is 23.6. The number of aromatic nitrogens is 2. The van der Waals surface area contributed by atoms with Gasteiger partial charge in [0.05, 0.1) is 30.8 Å². The third kappa shape index (κ3) is 6.77. The van der Waals surface area contributed by atoms with Gasteiger partial charge >= 0.3 is 5.97 Å². The molecule has 0 spiro atoms. The van der Waals surface area contributed by atoms with Crippen LogP contribution in [0.2, 0.25) is 0 Å². The third-order valence-electron chi connectivity index (χ3n) is 4.78. The van der Waals surface area contributed by atoms with Gasteiger partial charge in [-0.2, -0.15) is 0 Å². The molecule has 3 aromatic rings. The summed E-state index contributed by atoms with van der Waals surface area (Å²) >= 11 is -1.01. The van der Waals surface area contributed by atoms with E-state index in [1.165, 1.54) is 0 Å². The number of aliphatic carboxylic acids is 1. The van der Waals surface area contributed by atoms with Gasteiger partial charge in [0, 0.05) is 22.9 Å². The van der Waals surface area contributed by atoms with Crippen molar-refractivity contribution in [3.8, 4) is 22.5 Å². The summed E-state index contributed by atoms with van der Waals surface area (Å²) in [5.74, 6) is 0.552. The van der Waals surface area contributed by atoms with Gasteiger partial charge in [-0.05, 0) is 13.8 Å². The van der Waals surface area contributed by atoms with Gasteiger partial charge in [-0.1, -0.05) is 78.9 Å². The van der Waals surface area contributed by atoms with Gasteiger partial charge in [-0.25, -0.2) is 9.78 Å². The highest BCUT2D eigenvalue weighted by Gasteiger charge is 2.22. The molecule has 1 heterocycles. The van der Waals surface area contributed by atoms with E-state index in [1.807, 2.05) is 66.9 Å². The average Bonchev–Trinajstić information content (AvgIpc) is 2.83. The predicted molar refractivity (Wildman–Crippen MR) is 134 cm³/mol. The van der Waals surface area contributed by atoms with E-state index in [4.69, 9.17) is 24.0 Å². The number of nitrogens with zero attached hydrogens (tertiary/aromatic N) is 3. The second-order valence-corrected chi connectivity index (χ2v) is 9.57. The van der Waals surface area contributed by atoms with Crippen molar-refractivity contribution in [1.82, 2.24) is 9.97 Å². The fraction of sp³-hybridized carbons (Fsp3) is 0.320. The van der Waals surface area contributed by atoms with Gasteiger partial charge in [0.25, 0.3) is 0 Å². The van der Waals surface area contributed by atoms with Crippen LogP contribution in [0.1, 0.15) is 20.8 Å². The lowest BCUT2D eigenvalue weighted by Gasteiger charge is -2.38. The van der Waals surface area contributed by atoms with E-state index in [0.29, 0.717) is 6.61 Å². The van der Waals surface area contributed by atoms with Crippen molar-refractivity contribution in [2.75, 3.05) is 29.9 Å². The summed E-state index contributed by atoms with van der Waals surface area (Å²) in [5, 5.41) is 8.72. The number of hydrogen-bond donors (Lipinski definition) is 2. The van der Waals surface area contributed by atoms with Crippen molar-refractivity contribution in [2.24, 2.45) is 0 Å². The second-order valence-electron chi connectivity index (χ2n) is 7.54. The Bertz CT molecular complexity index is 1020. The number of ether oxygens (including phenoxy) is 1. The first-order valence-corrected chi connectivity index (χ1v) is 12.4. The molecule has 3 rings (SSSR count). The van der Waals surface area contributed by atoms with Crippen LogP contribution in [0.5, 0.6) is 0 Å². The fourth-order valence-electron chi connectivity index (χ4n) is 3.40. The second kappa shape index (κ2) is 12.3. The number of hydrogen-bond acceptors (Lipinski definition) is 6. The van der Waals surface area contributed by atoms with Crippen LogP contribution >= 0.6 is 11.4 Å². The molecule has 0 radical (unpaired) electrons. The van der Waals surface area contributed by atoms with Crippen molar-refractivity contribution in [3.63, 3.8) is 0 Å². The van der Waals surface area contributed by atoms with Crippen molar-refractivity contribution < 1.29 is 18.8 Å². The first kappa shape index (κ1) is 24.7. The zero-order valence-corrected chi connectivity index (χ0v) is 20.1. The van der Waals surface area contributed by atoms with Crippen LogP contribution in [0.15, 0.2) is 66.9 Å². The average molecular weight is 470 g/mol. The minimum atomic E-state index is -1.01. The van der Waals surface area contributed by atoms with Crippen LogP contribution in [0.4, 0.5) is 5.82 Å². The summed E-state index contributed by atoms with van der Waals surface area (Å²) in [6.45, 7) is 6.49. The van der Waals surface area contributed by atoms with Gasteiger partial charge in [0.1, 0.15) is 6.61 Å². The Morgan fingerprint density at radius 2 is 1.61 bits per heavy atom. The molecule has 8 heteroatoms. The summed E-state index contributed by atoms with van der Waals surface area (Å²) in [7, 11) is 0. The molecule has 7 nitrogen and oxygen atoms in total. The van der Waals surface area contributed by atoms with E-state index in [0.717, 1.165) is 34.1 Å². The van der Waals surface area contributed by atoms with Crippen LogP contribution in [-0.4, -0.2) is 52.7 Å². The third-order valence-corrected chi connectivity index (χ3v) is 6.95. The van der Waals surface area contributed by atoms with Crippen molar-refractivity contribution in [2.45, 2.75) is 26.8 Å². The van der Waals surface area contributed by atoms with Crippen LogP contribution < -0.4 is 4.31 Å². The molecule has 0 aliphatic carbocycles. The number of carboxylic acids is 1. The van der Waals surface area contributed by atoms with Crippen molar-refractivity contribution >= 4 is 23.1 Å². The molecular weight excluding hydrogens is 438 g/mol. The first-order chi connectivity index (χ1) is 16.0. The molecule has 0 amide bonds. The van der Waals surface area contributed by atoms with Crippen molar-refractivity contribution in [1.29, 1.82) is 0 Å². The van der Waals surface area contributed by atoms with Gasteiger partial charge in [0.15, 0.2) is 5.82 Å². The monoisotopic (exact) mass is 469 g/mol. The van der Waals surface area contributed by atoms with Crippen LogP contribution in [-0.2, 0) is 13.7 Å². The van der Waals surface area contributed by atoms with E-state index >= 15 is 0 Å². The Morgan fingerprint density at radius 1 is 1.00 bits per heavy atom. The van der Waals surface area contributed by atoms with Crippen LogP contribution in [0.3, 0.4) is 0 Å². The van der Waals surface area contributed by atoms with Crippen LogP contribution in [0.25, 0.3) is 22.5 Å². The molecule has 0 aliphatic heterocycles. The molecular formula is C25H31N3O4S. The summed E-state index contributed by atoms with van der Waals surface area (Å²) in [5.41, 5.74) is 3.66. The molecule has 0 saturated carbocycles. The minimum absolute atomic E-state index is 0.136. The maximum absolute atomic E-state index is 10.6. The molecule has 1 N–H and O–H groups in total. The summed E-state index contributed by atoms with van der Waals surface area (Å²) in [6, 6.07) is 20.3. The predicted octanol–water partition coefficient (Wildman–Crippen LogP) is 4.99. The highest BCUT2D eigenvalue weighted by molar-refractivity contribution is 8.14. The fourth-order valence-corrected chi connectivity index (χ4v) is 5.14. The Morgan fingerprint density at radius 3 is 2.15 bits per heavy atom. The molecule has 1 aromatic heterocycles.